The first-order valence-electron chi connectivity index (χ1n) is 10.4. The van der Waals surface area contributed by atoms with Gasteiger partial charge in [-0.25, -0.2) is 0 Å². The standard InChI is InChI=1S/C26H20N2O3/c1-31-16-12-10-15(11-13-16)14-27-28-25(29)23-21-17-6-2-3-7-18(17)22(24(23)26(28)30)20-9-5-4-8-19(20)21/h2-14,21-24H,1H3/b27-14-/t21?,22?,23-,24+. The maximum atomic E-state index is 13.5. The minimum Gasteiger partial charge on any atom is -0.497 e. The highest BCUT2D eigenvalue weighted by Gasteiger charge is 2.61. The number of benzene rings is 3. The molecule has 1 aliphatic heterocycles. The largest absolute Gasteiger partial charge is 0.497 e. The molecule has 0 saturated carbocycles. The van der Waals surface area contributed by atoms with Crippen LogP contribution in [0.25, 0.3) is 0 Å². The van der Waals surface area contributed by atoms with E-state index in [0.29, 0.717) is 0 Å². The number of nitrogens with zero attached hydrogens (tertiary/aromatic N) is 2. The molecule has 2 atom stereocenters. The van der Waals surface area contributed by atoms with Gasteiger partial charge in [-0.05, 0) is 52.1 Å². The highest BCUT2D eigenvalue weighted by molar-refractivity contribution is 6.08. The second-order valence-electron chi connectivity index (χ2n) is 8.27. The lowest BCUT2D eigenvalue weighted by molar-refractivity contribution is -0.139. The molecule has 0 radical (unpaired) electrons. The first kappa shape index (κ1) is 18.1. The van der Waals surface area contributed by atoms with Crippen molar-refractivity contribution >= 4 is 18.0 Å². The Morgan fingerprint density at radius 3 is 1.61 bits per heavy atom. The van der Waals surface area contributed by atoms with Gasteiger partial charge in [0.25, 0.3) is 11.8 Å². The minimum atomic E-state index is -0.407. The summed E-state index contributed by atoms with van der Waals surface area (Å²) in [4.78, 5) is 26.9. The number of carbonyl (C=O) groups is 2. The topological polar surface area (TPSA) is 59.0 Å². The van der Waals surface area contributed by atoms with Crippen LogP contribution in [-0.2, 0) is 9.59 Å². The molecule has 31 heavy (non-hydrogen) atoms. The van der Waals surface area contributed by atoms with Crippen molar-refractivity contribution in [3.8, 4) is 5.75 Å². The highest BCUT2D eigenvalue weighted by Crippen LogP contribution is 2.60. The Morgan fingerprint density at radius 2 is 1.19 bits per heavy atom. The number of methoxy groups -OCH3 is 1. The Balaban J connectivity index is 1.41. The molecule has 5 nitrogen and oxygen atoms in total. The smallest absolute Gasteiger partial charge is 0.254 e. The Bertz CT molecular complexity index is 1130. The number of hydrogen-bond acceptors (Lipinski definition) is 4. The van der Waals surface area contributed by atoms with E-state index in [2.05, 4.69) is 29.4 Å². The van der Waals surface area contributed by atoms with E-state index in [4.69, 9.17) is 4.74 Å². The molecule has 1 heterocycles. The lowest BCUT2D eigenvalue weighted by Crippen LogP contribution is -2.41. The number of ether oxygens (including phenoxy) is 1. The molecule has 0 spiro atoms. The van der Waals surface area contributed by atoms with Crippen LogP contribution in [0.15, 0.2) is 77.9 Å². The fourth-order valence-corrected chi connectivity index (χ4v) is 5.59. The van der Waals surface area contributed by atoms with Gasteiger partial charge in [0, 0.05) is 11.8 Å². The summed E-state index contributed by atoms with van der Waals surface area (Å²) in [5.41, 5.74) is 5.44. The van der Waals surface area contributed by atoms with Gasteiger partial charge in [-0.3, -0.25) is 9.59 Å². The molecule has 7 rings (SSSR count). The molecule has 2 bridgehead atoms. The molecule has 3 aromatic rings. The van der Waals surface area contributed by atoms with E-state index in [1.54, 1.807) is 13.3 Å². The second kappa shape index (κ2) is 6.64. The van der Waals surface area contributed by atoms with Gasteiger partial charge < -0.3 is 4.74 Å². The van der Waals surface area contributed by atoms with E-state index >= 15 is 0 Å². The summed E-state index contributed by atoms with van der Waals surface area (Å²) in [5.74, 6) is -0.716. The number of amides is 2. The molecule has 0 N–H and O–H groups in total. The van der Waals surface area contributed by atoms with E-state index < -0.39 is 11.8 Å². The zero-order chi connectivity index (χ0) is 21.1. The fraction of sp³-hybridized carbons (Fsp3) is 0.192. The van der Waals surface area contributed by atoms with E-state index in [1.165, 1.54) is 0 Å². The Morgan fingerprint density at radius 1 is 0.742 bits per heavy atom. The third kappa shape index (κ3) is 2.46. The lowest BCUT2D eigenvalue weighted by Gasteiger charge is -2.45. The van der Waals surface area contributed by atoms with Crippen LogP contribution < -0.4 is 4.74 Å². The average Bonchev–Trinajstić information content (AvgIpc) is 3.08. The summed E-state index contributed by atoms with van der Waals surface area (Å²) < 4.78 is 5.17. The molecular weight excluding hydrogens is 388 g/mol. The van der Waals surface area contributed by atoms with Gasteiger partial charge >= 0.3 is 0 Å². The van der Waals surface area contributed by atoms with Crippen molar-refractivity contribution < 1.29 is 14.3 Å². The molecule has 3 aromatic carbocycles. The second-order valence-corrected chi connectivity index (χ2v) is 8.27. The number of hydrazone groups is 1. The molecule has 1 fully saturated rings. The Labute approximate surface area is 180 Å². The fourth-order valence-electron chi connectivity index (χ4n) is 5.59. The maximum Gasteiger partial charge on any atom is 0.254 e. The zero-order valence-corrected chi connectivity index (χ0v) is 16.9. The normalized spacial score (nSPS) is 25.5. The molecule has 0 aromatic heterocycles. The first-order chi connectivity index (χ1) is 15.2. The molecule has 1 saturated heterocycles. The number of carbonyl (C=O) groups excluding carboxylic acids is 2. The van der Waals surface area contributed by atoms with E-state index in [9.17, 15) is 9.59 Å². The van der Waals surface area contributed by atoms with Crippen LogP contribution in [0.4, 0.5) is 0 Å². The van der Waals surface area contributed by atoms with Crippen molar-refractivity contribution in [2.75, 3.05) is 7.11 Å². The summed E-state index contributed by atoms with van der Waals surface area (Å²) in [7, 11) is 1.61. The quantitative estimate of drug-likeness (QED) is 0.488. The van der Waals surface area contributed by atoms with Crippen molar-refractivity contribution in [1.29, 1.82) is 0 Å². The van der Waals surface area contributed by atoms with Crippen LogP contribution >= 0.6 is 0 Å². The zero-order valence-electron chi connectivity index (χ0n) is 16.9. The molecule has 152 valence electrons. The predicted octanol–water partition coefficient (Wildman–Crippen LogP) is 3.92. The van der Waals surface area contributed by atoms with Crippen molar-refractivity contribution in [2.45, 2.75) is 11.8 Å². The maximum absolute atomic E-state index is 13.5. The van der Waals surface area contributed by atoms with Crippen molar-refractivity contribution in [1.82, 2.24) is 5.01 Å². The van der Waals surface area contributed by atoms with E-state index in [1.807, 2.05) is 48.5 Å². The third-order valence-electron chi connectivity index (χ3n) is 6.86. The number of imide groups is 1. The molecule has 5 heteroatoms. The van der Waals surface area contributed by atoms with Gasteiger partial charge in [0.05, 0.1) is 25.2 Å². The molecule has 2 amide bonds. The third-order valence-corrected chi connectivity index (χ3v) is 6.86. The monoisotopic (exact) mass is 408 g/mol. The summed E-state index contributed by atoms with van der Waals surface area (Å²) in [5, 5.41) is 5.42. The van der Waals surface area contributed by atoms with Crippen LogP contribution in [0.1, 0.15) is 39.7 Å². The van der Waals surface area contributed by atoms with Crippen LogP contribution in [-0.4, -0.2) is 30.1 Å². The predicted molar refractivity (Wildman–Crippen MR) is 116 cm³/mol. The molecule has 0 unspecified atom stereocenters. The van der Waals surface area contributed by atoms with Gasteiger partial charge in [0.2, 0.25) is 0 Å². The van der Waals surface area contributed by atoms with Crippen LogP contribution in [0.5, 0.6) is 5.75 Å². The summed E-state index contributed by atoms with van der Waals surface area (Å²) in [6.45, 7) is 0. The lowest BCUT2D eigenvalue weighted by atomic mass is 9.55. The summed E-state index contributed by atoms with van der Waals surface area (Å²) in [6.07, 6.45) is 1.56. The van der Waals surface area contributed by atoms with Gasteiger partial charge in [0.15, 0.2) is 0 Å². The van der Waals surface area contributed by atoms with Crippen molar-refractivity contribution in [2.24, 2.45) is 16.9 Å². The highest BCUT2D eigenvalue weighted by atomic mass is 16.5. The first-order valence-corrected chi connectivity index (χ1v) is 10.4. The minimum absolute atomic E-state index is 0.111. The number of rotatable bonds is 3. The van der Waals surface area contributed by atoms with E-state index in [0.717, 1.165) is 38.6 Å². The molecule has 3 aliphatic carbocycles. The summed E-state index contributed by atoms with van der Waals surface area (Å²) >= 11 is 0. The Kier molecular flexibility index (Phi) is 3.87. The van der Waals surface area contributed by atoms with E-state index in [-0.39, 0.29) is 23.7 Å². The number of hydrogen-bond donors (Lipinski definition) is 0. The van der Waals surface area contributed by atoms with Crippen LogP contribution in [0.3, 0.4) is 0 Å². The van der Waals surface area contributed by atoms with Crippen LogP contribution in [0, 0.1) is 11.8 Å². The van der Waals surface area contributed by atoms with Gasteiger partial charge in [-0.15, -0.1) is 0 Å². The molecular formula is C26H20N2O3. The van der Waals surface area contributed by atoms with Crippen molar-refractivity contribution in [3.63, 3.8) is 0 Å². The van der Waals surface area contributed by atoms with Crippen LogP contribution in [0.2, 0.25) is 0 Å². The Hall–Kier alpha value is -3.73. The molecule has 4 aliphatic rings. The van der Waals surface area contributed by atoms with Crippen molar-refractivity contribution in [3.05, 3.63) is 101 Å². The average molecular weight is 408 g/mol. The van der Waals surface area contributed by atoms with Gasteiger partial charge in [-0.1, -0.05) is 48.5 Å². The summed E-state index contributed by atoms with van der Waals surface area (Å²) in [6, 6.07) is 23.8. The van der Waals surface area contributed by atoms with Gasteiger partial charge in [0.1, 0.15) is 5.75 Å². The SMILES string of the molecule is COc1ccc(/C=N\N2C(=O)[C@@H]3C4c5ccccc5C(c5ccccc54)[C@@H]3C2=O)cc1. The van der Waals surface area contributed by atoms with Gasteiger partial charge in [-0.2, -0.15) is 10.1 Å².